The second-order valence-corrected chi connectivity index (χ2v) is 6.19. The summed E-state index contributed by atoms with van der Waals surface area (Å²) < 4.78 is 29.2. The molecule has 4 rings (SSSR count). The van der Waals surface area contributed by atoms with Crippen LogP contribution in [0.15, 0.2) is 66.9 Å². The van der Waals surface area contributed by atoms with Crippen molar-refractivity contribution in [3.63, 3.8) is 0 Å². The summed E-state index contributed by atoms with van der Waals surface area (Å²) in [5, 5.41) is 2.87. The Morgan fingerprint density at radius 1 is 0.962 bits per heavy atom. The van der Waals surface area contributed by atoms with Crippen molar-refractivity contribution in [3.8, 4) is 0 Å². The summed E-state index contributed by atoms with van der Waals surface area (Å²) in [5.41, 5.74) is 2.08. The van der Waals surface area contributed by atoms with Gasteiger partial charge in [0.05, 0.1) is 6.04 Å². The Morgan fingerprint density at radius 3 is 2.54 bits per heavy atom. The van der Waals surface area contributed by atoms with Gasteiger partial charge in [0.25, 0.3) is 0 Å². The first-order chi connectivity index (χ1) is 12.6. The largest absolute Gasteiger partial charge is 0.348 e. The minimum absolute atomic E-state index is 0.279. The second kappa shape index (κ2) is 6.63. The minimum Gasteiger partial charge on any atom is -0.348 e. The highest BCUT2D eigenvalue weighted by Gasteiger charge is 2.32. The maximum atomic E-state index is 13.8. The first kappa shape index (κ1) is 16.3. The van der Waals surface area contributed by atoms with Crippen molar-refractivity contribution in [2.45, 2.75) is 12.6 Å². The Morgan fingerprint density at radius 2 is 1.77 bits per heavy atom. The zero-order chi connectivity index (χ0) is 18.1. The highest BCUT2D eigenvalue weighted by Crippen LogP contribution is 2.33. The van der Waals surface area contributed by atoms with Crippen LogP contribution in [0, 0.1) is 11.6 Å². The first-order valence-electron chi connectivity index (χ1n) is 8.36. The average molecular weight is 353 g/mol. The number of hydrogen-bond donors (Lipinski definition) is 1. The molecule has 0 fully saturated rings. The zero-order valence-electron chi connectivity index (χ0n) is 13.9. The van der Waals surface area contributed by atoms with Crippen LogP contribution in [0.4, 0.5) is 19.3 Å². The number of benzene rings is 2. The third kappa shape index (κ3) is 2.94. The summed E-state index contributed by atoms with van der Waals surface area (Å²) in [4.78, 5) is 14.5. The number of nitrogens with zero attached hydrogens (tertiary/aromatic N) is 2. The van der Waals surface area contributed by atoms with Crippen molar-refractivity contribution in [2.75, 3.05) is 11.9 Å². The first-order valence-corrected chi connectivity index (χ1v) is 8.36. The van der Waals surface area contributed by atoms with Gasteiger partial charge in [-0.2, -0.15) is 0 Å². The summed E-state index contributed by atoms with van der Waals surface area (Å²) in [6.07, 6.45) is 1.93. The molecular weight excluding hydrogens is 336 g/mol. The SMILES string of the molecule is O=C(Nc1ccccc1)N1CCn2cccc2C1c1ccc(F)c(F)c1. The number of rotatable bonds is 2. The number of urea groups is 1. The van der Waals surface area contributed by atoms with Crippen LogP contribution in [0.25, 0.3) is 0 Å². The number of halogens is 2. The summed E-state index contributed by atoms with van der Waals surface area (Å²) in [7, 11) is 0. The number of hydrogen-bond acceptors (Lipinski definition) is 1. The molecule has 0 aliphatic carbocycles. The Balaban J connectivity index is 1.70. The van der Waals surface area contributed by atoms with Crippen LogP contribution in [0.2, 0.25) is 0 Å². The monoisotopic (exact) mass is 353 g/mol. The molecule has 0 bridgehead atoms. The lowest BCUT2D eigenvalue weighted by Gasteiger charge is -2.37. The second-order valence-electron chi connectivity index (χ2n) is 6.19. The molecule has 6 heteroatoms. The van der Waals surface area contributed by atoms with Crippen molar-refractivity contribution >= 4 is 11.7 Å². The molecule has 1 unspecified atom stereocenters. The molecule has 1 atom stereocenters. The van der Waals surface area contributed by atoms with Crippen LogP contribution in [0.5, 0.6) is 0 Å². The molecule has 2 aromatic carbocycles. The number of carbonyl (C=O) groups excluding carboxylic acids is 1. The standard InChI is InChI=1S/C20H17F2N3O/c21-16-9-8-14(13-17(16)22)19-18-7-4-10-24(18)11-12-25(19)20(26)23-15-5-2-1-3-6-15/h1-10,13,19H,11-12H2,(H,23,26). The molecule has 1 aliphatic heterocycles. The van der Waals surface area contributed by atoms with Crippen molar-refractivity contribution < 1.29 is 13.6 Å². The van der Waals surface area contributed by atoms with Gasteiger partial charge in [-0.05, 0) is 42.0 Å². The fourth-order valence-corrected chi connectivity index (χ4v) is 3.35. The van der Waals surface area contributed by atoms with Crippen LogP contribution in [0.1, 0.15) is 17.3 Å². The molecule has 4 nitrogen and oxygen atoms in total. The average Bonchev–Trinajstić information content (AvgIpc) is 3.13. The lowest BCUT2D eigenvalue weighted by Crippen LogP contribution is -2.44. The lowest BCUT2D eigenvalue weighted by molar-refractivity contribution is 0.181. The molecule has 0 spiro atoms. The summed E-state index contributed by atoms with van der Waals surface area (Å²) >= 11 is 0. The molecule has 0 saturated heterocycles. The van der Waals surface area contributed by atoms with Gasteiger partial charge in [0.15, 0.2) is 11.6 Å². The van der Waals surface area contributed by atoms with E-state index in [0.29, 0.717) is 24.3 Å². The summed E-state index contributed by atoms with van der Waals surface area (Å²) in [6.45, 7) is 1.11. The highest BCUT2D eigenvalue weighted by molar-refractivity contribution is 5.90. The predicted octanol–water partition coefficient (Wildman–Crippen LogP) is 4.40. The van der Waals surface area contributed by atoms with Gasteiger partial charge < -0.3 is 14.8 Å². The van der Waals surface area contributed by atoms with Crippen LogP contribution in [-0.2, 0) is 6.54 Å². The molecule has 0 radical (unpaired) electrons. The fourth-order valence-electron chi connectivity index (χ4n) is 3.35. The van der Waals surface area contributed by atoms with Crippen molar-refractivity contribution in [3.05, 3.63) is 89.8 Å². The van der Waals surface area contributed by atoms with Crippen molar-refractivity contribution in [1.82, 2.24) is 9.47 Å². The molecule has 1 aliphatic rings. The number of carbonyl (C=O) groups is 1. The van der Waals surface area contributed by atoms with E-state index in [1.807, 2.05) is 41.1 Å². The Labute approximate surface area is 149 Å². The van der Waals surface area contributed by atoms with Gasteiger partial charge in [-0.3, -0.25) is 0 Å². The van der Waals surface area contributed by atoms with Crippen LogP contribution in [0.3, 0.4) is 0 Å². The molecule has 1 N–H and O–H groups in total. The van der Waals surface area contributed by atoms with Crippen LogP contribution >= 0.6 is 0 Å². The van der Waals surface area contributed by atoms with E-state index in [1.54, 1.807) is 17.0 Å². The normalized spacial score (nSPS) is 16.2. The maximum Gasteiger partial charge on any atom is 0.322 e. The molecule has 0 saturated carbocycles. The van der Waals surface area contributed by atoms with E-state index in [0.717, 1.165) is 17.8 Å². The van der Waals surface area contributed by atoms with Crippen LogP contribution < -0.4 is 5.32 Å². The van der Waals surface area contributed by atoms with Crippen LogP contribution in [-0.4, -0.2) is 22.0 Å². The quantitative estimate of drug-likeness (QED) is 0.728. The Kier molecular flexibility index (Phi) is 4.16. The molecule has 2 amide bonds. The van der Waals surface area contributed by atoms with Gasteiger partial charge in [-0.15, -0.1) is 0 Å². The van der Waals surface area contributed by atoms with E-state index in [1.165, 1.54) is 6.07 Å². The smallest absolute Gasteiger partial charge is 0.322 e. The van der Waals surface area contributed by atoms with E-state index >= 15 is 0 Å². The van der Waals surface area contributed by atoms with Crippen molar-refractivity contribution in [1.29, 1.82) is 0 Å². The van der Waals surface area contributed by atoms with Gasteiger partial charge in [-0.1, -0.05) is 24.3 Å². The number of amides is 2. The molecule has 2 heterocycles. The minimum atomic E-state index is -0.922. The van der Waals surface area contributed by atoms with Gasteiger partial charge in [0, 0.05) is 30.7 Å². The Bertz CT molecular complexity index is 939. The zero-order valence-corrected chi connectivity index (χ0v) is 13.9. The summed E-state index contributed by atoms with van der Waals surface area (Å²) in [6, 6.07) is 15.9. The van der Waals surface area contributed by atoms with Gasteiger partial charge in [0.2, 0.25) is 0 Å². The molecule has 3 aromatic rings. The number of nitrogens with one attached hydrogen (secondary N) is 1. The predicted molar refractivity (Wildman–Crippen MR) is 94.8 cm³/mol. The number of fused-ring (bicyclic) bond motifs is 1. The van der Waals surface area contributed by atoms with E-state index in [2.05, 4.69) is 5.32 Å². The van der Waals surface area contributed by atoms with E-state index in [-0.39, 0.29) is 6.03 Å². The van der Waals surface area contributed by atoms with Gasteiger partial charge in [-0.25, -0.2) is 13.6 Å². The van der Waals surface area contributed by atoms with Crippen molar-refractivity contribution in [2.24, 2.45) is 0 Å². The number of aromatic nitrogens is 1. The molecule has 132 valence electrons. The Hall–Kier alpha value is -3.15. The lowest BCUT2D eigenvalue weighted by atomic mass is 10.00. The maximum absolute atomic E-state index is 13.8. The summed E-state index contributed by atoms with van der Waals surface area (Å²) in [5.74, 6) is -1.82. The molecular formula is C20H17F2N3O. The number of anilines is 1. The van der Waals surface area contributed by atoms with E-state index in [9.17, 15) is 13.6 Å². The highest BCUT2D eigenvalue weighted by atomic mass is 19.2. The fraction of sp³-hybridized carbons (Fsp3) is 0.150. The molecule has 1 aromatic heterocycles. The van der Waals surface area contributed by atoms with E-state index < -0.39 is 17.7 Å². The third-order valence-corrected chi connectivity index (χ3v) is 4.58. The number of para-hydroxylation sites is 1. The third-order valence-electron chi connectivity index (χ3n) is 4.58. The van der Waals surface area contributed by atoms with Gasteiger partial charge >= 0.3 is 6.03 Å². The topological polar surface area (TPSA) is 37.3 Å². The molecule has 26 heavy (non-hydrogen) atoms. The van der Waals surface area contributed by atoms with E-state index in [4.69, 9.17) is 0 Å². The van der Waals surface area contributed by atoms with Gasteiger partial charge in [0.1, 0.15) is 0 Å².